The lowest BCUT2D eigenvalue weighted by molar-refractivity contribution is 0.572. The van der Waals surface area contributed by atoms with Crippen LogP contribution < -0.4 is 5.32 Å². The first-order valence-electron chi connectivity index (χ1n) is 6.07. The molecule has 0 saturated carbocycles. The van der Waals surface area contributed by atoms with Crippen molar-refractivity contribution >= 4 is 15.9 Å². The number of likely N-dealkylation sites (N-methyl/N-ethyl adjacent to an activating group) is 1. The van der Waals surface area contributed by atoms with Crippen molar-refractivity contribution in [1.82, 2.24) is 15.1 Å². The van der Waals surface area contributed by atoms with E-state index in [-0.39, 0.29) is 0 Å². The van der Waals surface area contributed by atoms with Gasteiger partial charge in [-0.3, -0.25) is 4.68 Å². The van der Waals surface area contributed by atoms with E-state index in [0.717, 1.165) is 17.6 Å². The highest BCUT2D eigenvalue weighted by molar-refractivity contribution is 9.10. The van der Waals surface area contributed by atoms with Gasteiger partial charge in [0.15, 0.2) is 0 Å². The topological polar surface area (TPSA) is 29.9 Å². The molecule has 0 spiro atoms. The quantitative estimate of drug-likeness (QED) is 0.940. The van der Waals surface area contributed by atoms with Crippen LogP contribution in [-0.2, 0) is 6.54 Å². The number of aryl methyl sites for hydroxylation is 1. The first-order chi connectivity index (χ1) is 8.63. The van der Waals surface area contributed by atoms with E-state index in [1.165, 1.54) is 22.4 Å². The molecular formula is C14H18BrN3. The van der Waals surface area contributed by atoms with Gasteiger partial charge >= 0.3 is 0 Å². The molecule has 0 atom stereocenters. The fraction of sp³-hybridized carbons (Fsp3) is 0.357. The highest BCUT2D eigenvalue weighted by atomic mass is 79.9. The van der Waals surface area contributed by atoms with Crippen LogP contribution in [0.3, 0.4) is 0 Å². The Balaban J connectivity index is 2.33. The van der Waals surface area contributed by atoms with Gasteiger partial charge in [-0.05, 0) is 38.1 Å². The van der Waals surface area contributed by atoms with Gasteiger partial charge in [0, 0.05) is 22.3 Å². The third-order valence-corrected chi connectivity index (χ3v) is 4.04. The molecule has 0 aliphatic heterocycles. The summed E-state index contributed by atoms with van der Waals surface area (Å²) in [5, 5.41) is 7.59. The highest BCUT2D eigenvalue weighted by Gasteiger charge is 2.09. The summed E-state index contributed by atoms with van der Waals surface area (Å²) in [5.41, 5.74) is 4.90. The molecule has 1 aromatic carbocycles. The Morgan fingerprint density at radius 1 is 1.33 bits per heavy atom. The Kier molecular flexibility index (Phi) is 4.19. The average Bonchev–Trinajstić information content (AvgIpc) is 2.72. The summed E-state index contributed by atoms with van der Waals surface area (Å²) in [6.45, 7) is 6.06. The standard InChI is InChI=1S/C14H18BrN3/c1-10-8-12(4-5-14(10)15)13-9-17-18(11(13)2)7-6-16-3/h4-5,8-9,16H,6-7H2,1-3H3. The first kappa shape index (κ1) is 13.3. The maximum Gasteiger partial charge on any atom is 0.0571 e. The molecule has 1 N–H and O–H groups in total. The van der Waals surface area contributed by atoms with Crippen LogP contribution in [0.5, 0.6) is 0 Å². The third-order valence-electron chi connectivity index (χ3n) is 3.15. The second-order valence-corrected chi connectivity index (χ2v) is 5.29. The zero-order valence-electron chi connectivity index (χ0n) is 11.0. The fourth-order valence-electron chi connectivity index (χ4n) is 1.99. The van der Waals surface area contributed by atoms with Crippen LogP contribution in [-0.4, -0.2) is 23.4 Å². The number of nitrogens with zero attached hydrogens (tertiary/aromatic N) is 2. The third kappa shape index (κ3) is 2.65. The normalized spacial score (nSPS) is 10.9. The molecule has 18 heavy (non-hydrogen) atoms. The zero-order chi connectivity index (χ0) is 13.1. The molecule has 0 aliphatic rings. The van der Waals surface area contributed by atoms with Gasteiger partial charge in [0.25, 0.3) is 0 Å². The van der Waals surface area contributed by atoms with E-state index in [1.807, 2.05) is 17.9 Å². The molecule has 96 valence electrons. The number of halogens is 1. The molecule has 0 bridgehead atoms. The summed E-state index contributed by atoms with van der Waals surface area (Å²) >= 11 is 3.53. The Hall–Kier alpha value is -1.13. The van der Waals surface area contributed by atoms with Crippen molar-refractivity contribution in [3.63, 3.8) is 0 Å². The molecule has 0 saturated heterocycles. The van der Waals surface area contributed by atoms with Gasteiger partial charge in [0.2, 0.25) is 0 Å². The maximum atomic E-state index is 4.45. The summed E-state index contributed by atoms with van der Waals surface area (Å²) in [7, 11) is 1.96. The number of hydrogen-bond donors (Lipinski definition) is 1. The minimum atomic E-state index is 0.901. The van der Waals surface area contributed by atoms with Gasteiger partial charge in [-0.2, -0.15) is 5.10 Å². The van der Waals surface area contributed by atoms with Crippen LogP contribution in [0.25, 0.3) is 11.1 Å². The molecular weight excluding hydrogens is 290 g/mol. The van der Waals surface area contributed by atoms with E-state index < -0.39 is 0 Å². The van der Waals surface area contributed by atoms with Gasteiger partial charge in [0.1, 0.15) is 0 Å². The largest absolute Gasteiger partial charge is 0.318 e. The molecule has 0 unspecified atom stereocenters. The van der Waals surface area contributed by atoms with Gasteiger partial charge in [-0.15, -0.1) is 0 Å². The smallest absolute Gasteiger partial charge is 0.0571 e. The van der Waals surface area contributed by atoms with E-state index in [0.29, 0.717) is 0 Å². The number of benzene rings is 1. The number of nitrogens with one attached hydrogen (secondary N) is 1. The summed E-state index contributed by atoms with van der Waals surface area (Å²) in [5.74, 6) is 0. The number of hydrogen-bond acceptors (Lipinski definition) is 2. The molecule has 2 rings (SSSR count). The Morgan fingerprint density at radius 3 is 2.78 bits per heavy atom. The fourth-order valence-corrected chi connectivity index (χ4v) is 2.23. The Labute approximate surface area is 116 Å². The van der Waals surface area contributed by atoms with E-state index >= 15 is 0 Å². The van der Waals surface area contributed by atoms with E-state index in [2.05, 4.69) is 58.4 Å². The number of rotatable bonds is 4. The van der Waals surface area contributed by atoms with Crippen LogP contribution in [0, 0.1) is 13.8 Å². The van der Waals surface area contributed by atoms with Gasteiger partial charge in [-0.25, -0.2) is 0 Å². The zero-order valence-corrected chi connectivity index (χ0v) is 12.6. The first-order valence-corrected chi connectivity index (χ1v) is 6.86. The summed E-state index contributed by atoms with van der Waals surface area (Å²) in [6, 6.07) is 6.41. The van der Waals surface area contributed by atoms with Crippen LogP contribution in [0.2, 0.25) is 0 Å². The molecule has 2 aromatic rings. The van der Waals surface area contributed by atoms with Crippen molar-refractivity contribution in [1.29, 1.82) is 0 Å². The monoisotopic (exact) mass is 307 g/mol. The van der Waals surface area contributed by atoms with Crippen LogP contribution in [0.4, 0.5) is 0 Å². The molecule has 0 aliphatic carbocycles. The van der Waals surface area contributed by atoms with Gasteiger partial charge in [-0.1, -0.05) is 28.1 Å². The molecule has 0 fully saturated rings. The van der Waals surface area contributed by atoms with Crippen molar-refractivity contribution in [2.75, 3.05) is 13.6 Å². The number of aromatic nitrogens is 2. The van der Waals surface area contributed by atoms with E-state index in [9.17, 15) is 0 Å². The van der Waals surface area contributed by atoms with Crippen LogP contribution in [0.15, 0.2) is 28.9 Å². The molecule has 1 heterocycles. The van der Waals surface area contributed by atoms with Crippen molar-refractivity contribution < 1.29 is 0 Å². The Morgan fingerprint density at radius 2 is 2.11 bits per heavy atom. The van der Waals surface area contributed by atoms with Crippen molar-refractivity contribution in [3.8, 4) is 11.1 Å². The Bertz CT molecular complexity index is 546. The summed E-state index contributed by atoms with van der Waals surface area (Å²) in [4.78, 5) is 0. The SMILES string of the molecule is CNCCn1ncc(-c2ccc(Br)c(C)c2)c1C. The second-order valence-electron chi connectivity index (χ2n) is 4.43. The van der Waals surface area contributed by atoms with Gasteiger partial charge < -0.3 is 5.32 Å². The minimum Gasteiger partial charge on any atom is -0.318 e. The highest BCUT2D eigenvalue weighted by Crippen LogP contribution is 2.27. The van der Waals surface area contributed by atoms with Crippen molar-refractivity contribution in [2.45, 2.75) is 20.4 Å². The molecule has 3 nitrogen and oxygen atoms in total. The lowest BCUT2D eigenvalue weighted by atomic mass is 10.0. The minimum absolute atomic E-state index is 0.901. The summed E-state index contributed by atoms with van der Waals surface area (Å²) in [6.07, 6.45) is 1.95. The van der Waals surface area contributed by atoms with Crippen molar-refractivity contribution in [2.24, 2.45) is 0 Å². The maximum absolute atomic E-state index is 4.45. The predicted octanol–water partition coefficient (Wildman–Crippen LogP) is 3.15. The van der Waals surface area contributed by atoms with Crippen molar-refractivity contribution in [3.05, 3.63) is 40.1 Å². The van der Waals surface area contributed by atoms with E-state index in [4.69, 9.17) is 0 Å². The molecule has 4 heteroatoms. The summed E-state index contributed by atoms with van der Waals surface area (Å²) < 4.78 is 3.19. The lowest BCUT2D eigenvalue weighted by Gasteiger charge is -2.06. The van der Waals surface area contributed by atoms with Crippen LogP contribution >= 0.6 is 15.9 Å². The second kappa shape index (κ2) is 5.67. The molecule has 0 radical (unpaired) electrons. The van der Waals surface area contributed by atoms with Gasteiger partial charge in [0.05, 0.1) is 12.7 Å². The lowest BCUT2D eigenvalue weighted by Crippen LogP contribution is -2.16. The predicted molar refractivity (Wildman–Crippen MR) is 78.8 cm³/mol. The van der Waals surface area contributed by atoms with Crippen LogP contribution in [0.1, 0.15) is 11.3 Å². The molecule has 0 amide bonds. The molecule has 1 aromatic heterocycles. The van der Waals surface area contributed by atoms with E-state index in [1.54, 1.807) is 0 Å². The average molecular weight is 308 g/mol.